The molecule has 1 aromatic carbocycles. The molecule has 0 saturated heterocycles. The molecule has 2 N–H and O–H groups in total. The van der Waals surface area contributed by atoms with Gasteiger partial charge in [-0.1, -0.05) is 45.0 Å². The summed E-state index contributed by atoms with van der Waals surface area (Å²) in [6.45, 7) is 7.73. The highest BCUT2D eigenvalue weighted by atomic mass is 16.4. The fraction of sp³-hybridized carbons (Fsp3) is 0.500. The highest BCUT2D eigenvalue weighted by molar-refractivity contribution is 5.80. The van der Waals surface area contributed by atoms with Crippen molar-refractivity contribution in [2.45, 2.75) is 40.2 Å². The van der Waals surface area contributed by atoms with Gasteiger partial charge >= 0.3 is 5.97 Å². The van der Waals surface area contributed by atoms with Gasteiger partial charge in [-0.15, -0.1) is 0 Å². The molecular weight excluding hydrogens is 254 g/mol. The van der Waals surface area contributed by atoms with Gasteiger partial charge in [-0.25, -0.2) is 0 Å². The van der Waals surface area contributed by atoms with E-state index in [2.05, 4.69) is 5.32 Å². The molecular formula is C16H23NO3. The minimum Gasteiger partial charge on any atom is -0.481 e. The Balaban J connectivity index is 2.94. The molecule has 110 valence electrons. The molecule has 0 aliphatic rings. The van der Waals surface area contributed by atoms with Crippen molar-refractivity contribution in [3.63, 3.8) is 0 Å². The number of hydrogen-bond acceptors (Lipinski definition) is 2. The van der Waals surface area contributed by atoms with E-state index in [9.17, 15) is 9.59 Å². The summed E-state index contributed by atoms with van der Waals surface area (Å²) in [5.74, 6) is -0.946. The average molecular weight is 277 g/mol. The van der Waals surface area contributed by atoms with Gasteiger partial charge in [0.2, 0.25) is 5.91 Å². The first kappa shape index (κ1) is 16.2. The summed E-state index contributed by atoms with van der Waals surface area (Å²) in [7, 11) is 0. The first-order valence-corrected chi connectivity index (χ1v) is 6.90. The molecule has 4 heteroatoms. The van der Waals surface area contributed by atoms with E-state index >= 15 is 0 Å². The van der Waals surface area contributed by atoms with Crippen LogP contribution in [0, 0.1) is 18.8 Å². The summed E-state index contributed by atoms with van der Waals surface area (Å²) in [5.41, 5.74) is 1.84. The predicted molar refractivity (Wildman–Crippen MR) is 78.3 cm³/mol. The molecule has 1 amide bonds. The number of benzene rings is 1. The molecule has 0 radical (unpaired) electrons. The lowest BCUT2D eigenvalue weighted by Crippen LogP contribution is -2.36. The van der Waals surface area contributed by atoms with Crippen LogP contribution < -0.4 is 5.32 Å². The summed E-state index contributed by atoms with van der Waals surface area (Å²) < 4.78 is 0. The van der Waals surface area contributed by atoms with Crippen LogP contribution in [-0.2, 0) is 9.59 Å². The first-order valence-electron chi connectivity index (χ1n) is 6.90. The molecule has 20 heavy (non-hydrogen) atoms. The molecule has 0 saturated carbocycles. The molecule has 2 atom stereocenters. The van der Waals surface area contributed by atoms with E-state index in [1.165, 1.54) is 0 Å². The van der Waals surface area contributed by atoms with E-state index in [1.54, 1.807) is 0 Å². The monoisotopic (exact) mass is 277 g/mol. The van der Waals surface area contributed by atoms with Crippen molar-refractivity contribution in [3.8, 4) is 0 Å². The molecule has 0 aliphatic carbocycles. The molecule has 4 nitrogen and oxygen atoms in total. The predicted octanol–water partition coefficient (Wildman–Crippen LogP) is 2.92. The second kappa shape index (κ2) is 7.08. The van der Waals surface area contributed by atoms with Crippen molar-refractivity contribution in [1.29, 1.82) is 0 Å². The zero-order valence-corrected chi connectivity index (χ0v) is 12.5. The third-order valence-corrected chi connectivity index (χ3v) is 3.67. The number of carbonyl (C=O) groups excluding carboxylic acids is 1. The minimum absolute atomic E-state index is 0.102. The lowest BCUT2D eigenvalue weighted by Gasteiger charge is -2.23. The van der Waals surface area contributed by atoms with E-state index in [0.29, 0.717) is 0 Å². The Morgan fingerprint density at radius 3 is 2.30 bits per heavy atom. The Bertz CT molecular complexity index is 482. The number of rotatable bonds is 6. The van der Waals surface area contributed by atoms with Crippen LogP contribution >= 0.6 is 0 Å². The molecule has 1 aromatic rings. The fourth-order valence-electron chi connectivity index (χ4n) is 2.00. The third kappa shape index (κ3) is 4.37. The maximum atomic E-state index is 12.2. The summed E-state index contributed by atoms with van der Waals surface area (Å²) in [6, 6.07) is 7.05. The lowest BCUT2D eigenvalue weighted by molar-refractivity contribution is -0.138. The molecule has 0 bridgehead atoms. The van der Waals surface area contributed by atoms with Crippen molar-refractivity contribution in [3.05, 3.63) is 35.4 Å². The Morgan fingerprint density at radius 2 is 1.80 bits per heavy atom. The first-order chi connectivity index (χ1) is 9.32. The molecule has 2 unspecified atom stereocenters. The smallest absolute Gasteiger partial charge is 0.305 e. The molecule has 0 aliphatic heterocycles. The van der Waals surface area contributed by atoms with Crippen LogP contribution in [-0.4, -0.2) is 17.0 Å². The van der Waals surface area contributed by atoms with Crippen LogP contribution in [0.25, 0.3) is 0 Å². The number of aryl methyl sites for hydroxylation is 1. The van der Waals surface area contributed by atoms with E-state index in [0.717, 1.165) is 11.1 Å². The maximum Gasteiger partial charge on any atom is 0.305 e. The highest BCUT2D eigenvalue weighted by Crippen LogP contribution is 2.22. The van der Waals surface area contributed by atoms with Gasteiger partial charge in [0.15, 0.2) is 0 Å². The van der Waals surface area contributed by atoms with E-state index in [4.69, 9.17) is 5.11 Å². The van der Waals surface area contributed by atoms with Crippen molar-refractivity contribution in [1.82, 2.24) is 5.32 Å². The Labute approximate surface area is 120 Å². The van der Waals surface area contributed by atoms with E-state index in [1.807, 2.05) is 52.0 Å². The average Bonchev–Trinajstić information content (AvgIpc) is 2.36. The van der Waals surface area contributed by atoms with Crippen LogP contribution in [0.4, 0.5) is 0 Å². The lowest BCUT2D eigenvalue weighted by atomic mass is 9.94. The fourth-order valence-corrected chi connectivity index (χ4v) is 2.00. The summed E-state index contributed by atoms with van der Waals surface area (Å²) in [4.78, 5) is 23.2. The third-order valence-electron chi connectivity index (χ3n) is 3.67. The van der Waals surface area contributed by atoms with Crippen molar-refractivity contribution >= 4 is 11.9 Å². The quantitative estimate of drug-likeness (QED) is 0.840. The summed E-state index contributed by atoms with van der Waals surface area (Å²) in [6.07, 6.45) is -0.110. The standard InChI is InChI=1S/C16H23NO3/c1-10(2)12(4)16(20)17-14(9-15(18)19)13-8-6-5-7-11(13)3/h5-8,10,12,14H,9H2,1-4H3,(H,17,20)(H,18,19). The second-order valence-electron chi connectivity index (χ2n) is 5.55. The Morgan fingerprint density at radius 1 is 1.20 bits per heavy atom. The Kier molecular flexibility index (Phi) is 5.74. The SMILES string of the molecule is Cc1ccccc1C(CC(=O)O)NC(=O)C(C)C(C)C. The number of carbonyl (C=O) groups is 2. The van der Waals surface area contributed by atoms with Crippen LogP contribution in [0.15, 0.2) is 24.3 Å². The van der Waals surface area contributed by atoms with Gasteiger partial charge < -0.3 is 10.4 Å². The van der Waals surface area contributed by atoms with E-state index < -0.39 is 12.0 Å². The van der Waals surface area contributed by atoms with Crippen LogP contribution in [0.3, 0.4) is 0 Å². The number of carboxylic acids is 1. The number of nitrogens with one attached hydrogen (secondary N) is 1. The zero-order valence-electron chi connectivity index (χ0n) is 12.5. The largest absolute Gasteiger partial charge is 0.481 e. The van der Waals surface area contributed by atoms with Gasteiger partial charge in [-0.3, -0.25) is 9.59 Å². The molecule has 0 aromatic heterocycles. The number of hydrogen-bond donors (Lipinski definition) is 2. The van der Waals surface area contributed by atoms with Gasteiger partial charge in [0.1, 0.15) is 0 Å². The van der Waals surface area contributed by atoms with Crippen LogP contribution in [0.5, 0.6) is 0 Å². The van der Waals surface area contributed by atoms with Crippen molar-refractivity contribution in [2.75, 3.05) is 0 Å². The minimum atomic E-state index is -0.921. The zero-order chi connectivity index (χ0) is 15.3. The highest BCUT2D eigenvalue weighted by Gasteiger charge is 2.23. The van der Waals surface area contributed by atoms with Crippen LogP contribution in [0.1, 0.15) is 44.4 Å². The van der Waals surface area contributed by atoms with Gasteiger partial charge in [0.25, 0.3) is 0 Å². The van der Waals surface area contributed by atoms with Gasteiger partial charge in [-0.2, -0.15) is 0 Å². The number of aliphatic carboxylic acids is 1. The maximum absolute atomic E-state index is 12.2. The van der Waals surface area contributed by atoms with E-state index in [-0.39, 0.29) is 24.2 Å². The summed E-state index contributed by atoms with van der Waals surface area (Å²) >= 11 is 0. The van der Waals surface area contributed by atoms with Crippen LogP contribution in [0.2, 0.25) is 0 Å². The molecule has 0 fully saturated rings. The van der Waals surface area contributed by atoms with Gasteiger partial charge in [-0.05, 0) is 24.0 Å². The number of amides is 1. The topological polar surface area (TPSA) is 66.4 Å². The Hall–Kier alpha value is -1.84. The molecule has 0 heterocycles. The van der Waals surface area contributed by atoms with Crippen molar-refractivity contribution < 1.29 is 14.7 Å². The second-order valence-corrected chi connectivity index (χ2v) is 5.55. The van der Waals surface area contributed by atoms with Gasteiger partial charge in [0, 0.05) is 5.92 Å². The number of carboxylic acid groups (broad SMARTS) is 1. The summed E-state index contributed by atoms with van der Waals surface area (Å²) in [5, 5.41) is 11.9. The molecule has 0 spiro atoms. The normalized spacial score (nSPS) is 13.8. The van der Waals surface area contributed by atoms with Gasteiger partial charge in [0.05, 0.1) is 12.5 Å². The van der Waals surface area contributed by atoms with Crippen molar-refractivity contribution in [2.24, 2.45) is 11.8 Å². The molecule has 1 rings (SSSR count).